The fourth-order valence-electron chi connectivity index (χ4n) is 2.86. The van der Waals surface area contributed by atoms with Crippen LogP contribution in [0.1, 0.15) is 38.4 Å². The molecule has 6 nitrogen and oxygen atoms in total. The number of hydrogen-bond donors (Lipinski definition) is 2. The average Bonchev–Trinajstić information content (AvgIpc) is 3.18. The maximum absolute atomic E-state index is 12.4. The Hall–Kier alpha value is -1.73. The molecule has 23 heavy (non-hydrogen) atoms. The molecule has 7 heteroatoms. The lowest BCUT2D eigenvalue weighted by Gasteiger charge is -2.26. The van der Waals surface area contributed by atoms with Gasteiger partial charge in [-0.05, 0) is 44.3 Å². The van der Waals surface area contributed by atoms with Crippen molar-refractivity contribution in [3.05, 3.63) is 23.3 Å². The molecule has 2 aromatic heterocycles. The van der Waals surface area contributed by atoms with Crippen molar-refractivity contribution in [3.63, 3.8) is 0 Å². The average molecular weight is 333 g/mol. The van der Waals surface area contributed by atoms with E-state index < -0.39 is 0 Å². The second-order valence-electron chi connectivity index (χ2n) is 5.93. The first-order valence-electron chi connectivity index (χ1n) is 8.21. The zero-order valence-corrected chi connectivity index (χ0v) is 14.2. The van der Waals surface area contributed by atoms with Crippen LogP contribution in [0.25, 0.3) is 10.7 Å². The monoisotopic (exact) mass is 333 g/mol. The number of amides is 1. The largest absolute Gasteiger partial charge is 0.347 e. The summed E-state index contributed by atoms with van der Waals surface area (Å²) in [5.74, 6) is 1.43. The highest BCUT2D eigenvalue weighted by Gasteiger charge is 2.22. The quantitative estimate of drug-likeness (QED) is 0.881. The van der Waals surface area contributed by atoms with Crippen LogP contribution in [0.3, 0.4) is 0 Å². The fraction of sp³-hybridized carbons (Fsp3) is 0.562. The Balaban J connectivity index is 1.52. The number of carbonyl (C=O) groups excluding carboxylic acids is 1. The molecule has 0 bridgehead atoms. The number of H-pyrrole nitrogens is 1. The molecule has 0 radical (unpaired) electrons. The van der Waals surface area contributed by atoms with Gasteiger partial charge in [0.25, 0.3) is 0 Å². The van der Waals surface area contributed by atoms with Crippen molar-refractivity contribution in [2.45, 2.75) is 45.2 Å². The Labute approximate surface area is 140 Å². The van der Waals surface area contributed by atoms with Crippen molar-refractivity contribution in [3.8, 4) is 10.7 Å². The van der Waals surface area contributed by atoms with Gasteiger partial charge in [-0.25, -0.2) is 4.98 Å². The van der Waals surface area contributed by atoms with Gasteiger partial charge >= 0.3 is 0 Å². The third kappa shape index (κ3) is 4.17. The van der Waals surface area contributed by atoms with E-state index >= 15 is 0 Å². The lowest BCUT2D eigenvalue weighted by atomic mass is 10.2. The molecule has 1 saturated heterocycles. The maximum Gasteiger partial charge on any atom is 0.237 e. The summed E-state index contributed by atoms with van der Waals surface area (Å²) in [5, 5.41) is 12.1. The predicted molar refractivity (Wildman–Crippen MR) is 91.0 cm³/mol. The van der Waals surface area contributed by atoms with E-state index in [0.29, 0.717) is 18.2 Å². The van der Waals surface area contributed by atoms with Crippen molar-refractivity contribution < 1.29 is 4.79 Å². The fourth-order valence-corrected chi connectivity index (χ4v) is 3.51. The number of nitrogens with zero attached hydrogens (tertiary/aromatic N) is 3. The van der Waals surface area contributed by atoms with Gasteiger partial charge in [0, 0.05) is 0 Å². The Morgan fingerprint density at radius 1 is 1.39 bits per heavy atom. The Bertz CT molecular complexity index is 616. The van der Waals surface area contributed by atoms with E-state index in [-0.39, 0.29) is 11.9 Å². The predicted octanol–water partition coefficient (Wildman–Crippen LogP) is 2.41. The number of rotatable bonds is 5. The van der Waals surface area contributed by atoms with Gasteiger partial charge in [-0.3, -0.25) is 14.8 Å². The highest BCUT2D eigenvalue weighted by atomic mass is 32.1. The molecule has 1 aliphatic heterocycles. The van der Waals surface area contributed by atoms with E-state index in [1.54, 1.807) is 11.3 Å². The summed E-state index contributed by atoms with van der Waals surface area (Å²) in [4.78, 5) is 20.1. The van der Waals surface area contributed by atoms with Crippen LogP contribution in [0.5, 0.6) is 0 Å². The van der Waals surface area contributed by atoms with E-state index in [9.17, 15) is 4.79 Å². The molecule has 1 aliphatic rings. The number of aromatic amines is 1. The van der Waals surface area contributed by atoms with Crippen LogP contribution in [0.15, 0.2) is 17.5 Å². The van der Waals surface area contributed by atoms with Crippen molar-refractivity contribution >= 4 is 17.2 Å². The summed E-state index contributed by atoms with van der Waals surface area (Å²) < 4.78 is 0. The highest BCUT2D eigenvalue weighted by Crippen LogP contribution is 2.20. The minimum Gasteiger partial charge on any atom is -0.347 e. The van der Waals surface area contributed by atoms with Gasteiger partial charge in [0.15, 0.2) is 5.82 Å². The molecule has 0 saturated carbocycles. The van der Waals surface area contributed by atoms with E-state index in [4.69, 9.17) is 0 Å². The van der Waals surface area contributed by atoms with Gasteiger partial charge in [-0.15, -0.1) is 11.3 Å². The lowest BCUT2D eigenvalue weighted by Crippen LogP contribution is -2.45. The normalized spacial score (nSPS) is 17.6. The van der Waals surface area contributed by atoms with Crippen LogP contribution >= 0.6 is 11.3 Å². The number of carbonyl (C=O) groups is 1. The number of nitrogens with one attached hydrogen (secondary N) is 2. The third-order valence-corrected chi connectivity index (χ3v) is 5.14. The summed E-state index contributed by atoms with van der Waals surface area (Å²) in [6.45, 7) is 4.40. The molecule has 3 heterocycles. The molecular formula is C16H23N5OS. The molecule has 1 atom stereocenters. The zero-order chi connectivity index (χ0) is 16.1. The number of aromatic nitrogens is 3. The van der Waals surface area contributed by atoms with Crippen molar-refractivity contribution in [2.24, 2.45) is 0 Å². The summed E-state index contributed by atoms with van der Waals surface area (Å²) in [6.07, 6.45) is 4.91. The number of thiophene rings is 1. The Morgan fingerprint density at radius 3 is 2.87 bits per heavy atom. The summed E-state index contributed by atoms with van der Waals surface area (Å²) in [5.41, 5.74) is 0. The second-order valence-corrected chi connectivity index (χ2v) is 6.87. The third-order valence-electron chi connectivity index (χ3n) is 4.27. The van der Waals surface area contributed by atoms with E-state index in [0.717, 1.165) is 18.0 Å². The van der Waals surface area contributed by atoms with Gasteiger partial charge in [0.05, 0.1) is 17.5 Å². The summed E-state index contributed by atoms with van der Waals surface area (Å²) in [6, 6.07) is 3.87. The zero-order valence-electron chi connectivity index (χ0n) is 13.4. The molecule has 0 spiro atoms. The minimum atomic E-state index is -0.0900. The molecule has 0 aliphatic carbocycles. The lowest BCUT2D eigenvalue weighted by molar-refractivity contribution is -0.126. The molecule has 1 amide bonds. The molecule has 124 valence electrons. The van der Waals surface area contributed by atoms with Gasteiger partial charge in [-0.1, -0.05) is 18.9 Å². The maximum atomic E-state index is 12.4. The SMILES string of the molecule is CC(C(=O)NCc1nc(-c2cccs2)n[nH]1)N1CCCCCC1. The topological polar surface area (TPSA) is 73.9 Å². The Morgan fingerprint density at radius 2 is 2.17 bits per heavy atom. The first-order chi connectivity index (χ1) is 11.2. The summed E-state index contributed by atoms with van der Waals surface area (Å²) >= 11 is 1.60. The van der Waals surface area contributed by atoms with Crippen LogP contribution in [0, 0.1) is 0 Å². The molecule has 2 N–H and O–H groups in total. The van der Waals surface area contributed by atoms with Gasteiger partial charge in [0.1, 0.15) is 5.82 Å². The van der Waals surface area contributed by atoms with Crippen molar-refractivity contribution in [2.75, 3.05) is 13.1 Å². The van der Waals surface area contributed by atoms with Crippen LogP contribution in [0.4, 0.5) is 0 Å². The van der Waals surface area contributed by atoms with Gasteiger partial charge in [0.2, 0.25) is 5.91 Å². The first-order valence-corrected chi connectivity index (χ1v) is 9.09. The second kappa shape index (κ2) is 7.70. The standard InChI is InChI=1S/C16H23N5OS/c1-12(21-8-4-2-3-5-9-21)16(22)17-11-14-18-15(20-19-14)13-7-6-10-23-13/h6-7,10,12H,2-5,8-9,11H2,1H3,(H,17,22)(H,18,19,20). The molecule has 0 aromatic carbocycles. The van der Waals surface area contributed by atoms with Crippen LogP contribution in [-0.2, 0) is 11.3 Å². The minimum absolute atomic E-state index is 0.0565. The highest BCUT2D eigenvalue weighted by molar-refractivity contribution is 7.13. The van der Waals surface area contributed by atoms with E-state index in [2.05, 4.69) is 25.4 Å². The van der Waals surface area contributed by atoms with Crippen LogP contribution in [-0.4, -0.2) is 45.1 Å². The molecular weight excluding hydrogens is 310 g/mol. The Kier molecular flexibility index (Phi) is 5.40. The van der Waals surface area contributed by atoms with Crippen LogP contribution < -0.4 is 5.32 Å². The molecule has 2 aromatic rings. The van der Waals surface area contributed by atoms with E-state index in [1.807, 2.05) is 24.4 Å². The van der Waals surface area contributed by atoms with Crippen molar-refractivity contribution in [1.82, 2.24) is 25.4 Å². The van der Waals surface area contributed by atoms with Crippen LogP contribution in [0.2, 0.25) is 0 Å². The first kappa shape index (κ1) is 16.1. The molecule has 1 fully saturated rings. The number of hydrogen-bond acceptors (Lipinski definition) is 5. The van der Waals surface area contributed by atoms with Gasteiger partial charge in [-0.2, -0.15) is 5.10 Å². The van der Waals surface area contributed by atoms with Gasteiger partial charge < -0.3 is 5.32 Å². The smallest absolute Gasteiger partial charge is 0.237 e. The van der Waals surface area contributed by atoms with E-state index in [1.165, 1.54) is 25.7 Å². The summed E-state index contributed by atoms with van der Waals surface area (Å²) in [7, 11) is 0. The molecule has 3 rings (SSSR count). The number of likely N-dealkylation sites (tertiary alicyclic amines) is 1. The molecule has 1 unspecified atom stereocenters. The van der Waals surface area contributed by atoms with Crippen molar-refractivity contribution in [1.29, 1.82) is 0 Å².